The van der Waals surface area contributed by atoms with Gasteiger partial charge in [0.15, 0.2) is 11.9 Å². The van der Waals surface area contributed by atoms with Crippen LogP contribution in [0.15, 0.2) is 24.4 Å². The number of phosphoric ester groups is 1. The summed E-state index contributed by atoms with van der Waals surface area (Å²) >= 11 is 0. The molecule has 1 atom stereocenters. The zero-order chi connectivity index (χ0) is 17.2. The lowest BCUT2D eigenvalue weighted by Gasteiger charge is -2.12. The summed E-state index contributed by atoms with van der Waals surface area (Å²) in [6.45, 7) is 3.00. The quantitative estimate of drug-likeness (QED) is 0.703. The number of hydrogen-bond donors (Lipinski definition) is 3. The second-order valence-electron chi connectivity index (χ2n) is 4.68. The van der Waals surface area contributed by atoms with Crippen molar-refractivity contribution in [1.82, 2.24) is 15.0 Å². The summed E-state index contributed by atoms with van der Waals surface area (Å²) < 4.78 is 28.8. The van der Waals surface area contributed by atoms with Gasteiger partial charge in [0.1, 0.15) is 5.82 Å². The lowest BCUT2D eigenvalue weighted by Crippen LogP contribution is -2.16. The normalized spacial score (nSPS) is 12.9. The molecule has 9 nitrogen and oxygen atoms in total. The molecule has 0 radical (unpaired) electrons. The van der Waals surface area contributed by atoms with Crippen molar-refractivity contribution < 1.29 is 28.1 Å². The van der Waals surface area contributed by atoms with Gasteiger partial charge in [-0.05, 0) is 31.5 Å². The van der Waals surface area contributed by atoms with Crippen LogP contribution in [-0.4, -0.2) is 30.7 Å². The highest BCUT2D eigenvalue weighted by Crippen LogP contribution is 2.39. The minimum absolute atomic E-state index is 0.0188. The monoisotopic (exact) mass is 344 g/mol. The van der Waals surface area contributed by atoms with Crippen molar-refractivity contribution in [1.29, 1.82) is 0 Å². The molecular weight excluding hydrogens is 330 g/mol. The van der Waals surface area contributed by atoms with Crippen molar-refractivity contribution in [3.63, 3.8) is 0 Å². The first kappa shape index (κ1) is 17.2. The van der Waals surface area contributed by atoms with Crippen LogP contribution in [0.2, 0.25) is 0 Å². The van der Waals surface area contributed by atoms with Gasteiger partial charge in [-0.15, -0.1) is 5.10 Å². The highest BCUT2D eigenvalue weighted by molar-refractivity contribution is 7.46. The lowest BCUT2D eigenvalue weighted by atomic mass is 10.2. The second-order valence-corrected chi connectivity index (χ2v) is 5.87. The molecule has 0 aliphatic carbocycles. The summed E-state index contributed by atoms with van der Waals surface area (Å²) in [5.74, 6) is -1.31. The van der Waals surface area contributed by atoms with Crippen LogP contribution >= 0.6 is 7.82 Å². The Morgan fingerprint density at radius 2 is 2.17 bits per heavy atom. The predicted octanol–water partition coefficient (Wildman–Crippen LogP) is 1.61. The second kappa shape index (κ2) is 6.55. The van der Waals surface area contributed by atoms with E-state index in [-0.39, 0.29) is 11.4 Å². The molecule has 0 bridgehead atoms. The Hall–Kier alpha value is -2.13. The fraction of sp³-hybridized carbons (Fsp3) is 0.250. The van der Waals surface area contributed by atoms with E-state index in [0.717, 1.165) is 11.0 Å². The maximum Gasteiger partial charge on any atom is 0.471 e. The number of carbonyl (C=O) groups is 1. The minimum Gasteiger partial charge on any atom is -0.318 e. The Bertz CT molecular complexity index is 775. The molecule has 1 heterocycles. The summed E-state index contributed by atoms with van der Waals surface area (Å²) in [7, 11) is -4.72. The number of carbonyl (C=O) groups excluding carboxylic acids is 1. The molecule has 1 aromatic heterocycles. The number of aryl methyl sites for hydroxylation is 1. The average molecular weight is 344 g/mol. The third-order valence-electron chi connectivity index (χ3n) is 2.73. The van der Waals surface area contributed by atoms with E-state index in [2.05, 4.69) is 20.0 Å². The minimum atomic E-state index is -4.72. The zero-order valence-electron chi connectivity index (χ0n) is 12.2. The first-order valence-electron chi connectivity index (χ1n) is 6.39. The Labute approximate surface area is 130 Å². The fourth-order valence-corrected chi connectivity index (χ4v) is 2.19. The van der Waals surface area contributed by atoms with Gasteiger partial charge in [0.05, 0.1) is 11.9 Å². The van der Waals surface area contributed by atoms with Gasteiger partial charge in [0.2, 0.25) is 0 Å². The van der Waals surface area contributed by atoms with Crippen molar-refractivity contribution in [2.45, 2.75) is 20.1 Å². The molecule has 0 saturated carbocycles. The smallest absolute Gasteiger partial charge is 0.318 e. The van der Waals surface area contributed by atoms with E-state index in [0.29, 0.717) is 5.56 Å². The van der Waals surface area contributed by atoms with E-state index < -0.39 is 25.8 Å². The fourth-order valence-electron chi connectivity index (χ4n) is 1.70. The van der Waals surface area contributed by atoms with E-state index in [9.17, 15) is 13.8 Å². The standard InChI is InChI=1S/C12H14FN4O5P/c1-7-3-4-10(9(13)5-7)15-12(18)11-6-14-17(16-11)8(2)22-23(19,20)21/h3-6,8H,1-2H3,(H,15,18)(H2,19,20,21). The SMILES string of the molecule is Cc1ccc(NC(=O)c2cnn(C(C)OP(=O)(O)O)n2)c(F)c1. The molecule has 124 valence electrons. The van der Waals surface area contributed by atoms with Crippen LogP contribution in [0.1, 0.15) is 29.2 Å². The number of nitrogens with zero attached hydrogens (tertiary/aromatic N) is 3. The molecule has 23 heavy (non-hydrogen) atoms. The first-order chi connectivity index (χ1) is 10.7. The van der Waals surface area contributed by atoms with Crippen LogP contribution < -0.4 is 5.32 Å². The number of benzene rings is 1. The molecule has 2 aromatic rings. The Kier molecular flexibility index (Phi) is 4.90. The topological polar surface area (TPSA) is 127 Å². The largest absolute Gasteiger partial charge is 0.471 e. The van der Waals surface area contributed by atoms with Crippen LogP contribution in [-0.2, 0) is 9.09 Å². The average Bonchev–Trinajstić information content (AvgIpc) is 2.90. The maximum atomic E-state index is 13.7. The van der Waals surface area contributed by atoms with E-state index >= 15 is 0 Å². The number of amides is 1. The van der Waals surface area contributed by atoms with Gasteiger partial charge in [-0.2, -0.15) is 9.90 Å². The first-order valence-corrected chi connectivity index (χ1v) is 7.92. The maximum absolute atomic E-state index is 13.7. The lowest BCUT2D eigenvalue weighted by molar-refractivity contribution is 0.0764. The van der Waals surface area contributed by atoms with Crippen molar-refractivity contribution in [2.75, 3.05) is 5.32 Å². The van der Waals surface area contributed by atoms with Crippen molar-refractivity contribution >= 4 is 19.4 Å². The van der Waals surface area contributed by atoms with Gasteiger partial charge < -0.3 is 15.1 Å². The van der Waals surface area contributed by atoms with Crippen LogP contribution in [0.3, 0.4) is 0 Å². The van der Waals surface area contributed by atoms with Gasteiger partial charge in [0, 0.05) is 0 Å². The van der Waals surface area contributed by atoms with Crippen LogP contribution in [0.4, 0.5) is 10.1 Å². The highest BCUT2D eigenvalue weighted by atomic mass is 31.2. The van der Waals surface area contributed by atoms with Crippen LogP contribution in [0, 0.1) is 12.7 Å². The van der Waals surface area contributed by atoms with E-state index in [4.69, 9.17) is 9.79 Å². The molecule has 2 rings (SSSR count). The van der Waals surface area contributed by atoms with Crippen molar-refractivity contribution in [3.8, 4) is 0 Å². The molecule has 0 fully saturated rings. The molecule has 11 heteroatoms. The molecule has 0 aliphatic heterocycles. The summed E-state index contributed by atoms with van der Waals surface area (Å²) in [5.41, 5.74) is 0.524. The van der Waals surface area contributed by atoms with Gasteiger partial charge >= 0.3 is 7.82 Å². The van der Waals surface area contributed by atoms with Crippen LogP contribution in [0.5, 0.6) is 0 Å². The summed E-state index contributed by atoms with van der Waals surface area (Å²) in [6, 6.07) is 4.31. The third kappa shape index (κ3) is 4.67. The number of anilines is 1. The summed E-state index contributed by atoms with van der Waals surface area (Å²) in [6.07, 6.45) is -0.116. The van der Waals surface area contributed by atoms with Gasteiger partial charge in [-0.1, -0.05) is 6.07 Å². The van der Waals surface area contributed by atoms with Gasteiger partial charge in [-0.25, -0.2) is 8.96 Å². The van der Waals surface area contributed by atoms with E-state index in [1.54, 1.807) is 13.0 Å². The molecular formula is C12H14FN4O5P. The molecule has 0 aliphatic rings. The zero-order valence-corrected chi connectivity index (χ0v) is 13.1. The molecule has 1 amide bonds. The van der Waals surface area contributed by atoms with Gasteiger partial charge in [-0.3, -0.25) is 9.32 Å². The number of halogens is 1. The Morgan fingerprint density at radius 1 is 1.48 bits per heavy atom. The Morgan fingerprint density at radius 3 is 2.78 bits per heavy atom. The van der Waals surface area contributed by atoms with Gasteiger partial charge in [0.25, 0.3) is 5.91 Å². The van der Waals surface area contributed by atoms with Crippen molar-refractivity contribution in [3.05, 3.63) is 41.5 Å². The molecule has 0 saturated heterocycles. The molecule has 1 unspecified atom stereocenters. The van der Waals surface area contributed by atoms with E-state index in [1.165, 1.54) is 19.1 Å². The number of aromatic nitrogens is 3. The van der Waals surface area contributed by atoms with Crippen molar-refractivity contribution in [2.24, 2.45) is 0 Å². The van der Waals surface area contributed by atoms with E-state index in [1.807, 2.05) is 0 Å². The number of rotatable bonds is 5. The number of nitrogens with one attached hydrogen (secondary N) is 1. The number of hydrogen-bond acceptors (Lipinski definition) is 5. The number of phosphoric acid groups is 1. The molecule has 1 aromatic carbocycles. The predicted molar refractivity (Wildman–Crippen MR) is 77.0 cm³/mol. The molecule has 3 N–H and O–H groups in total. The summed E-state index contributed by atoms with van der Waals surface area (Å²) in [4.78, 5) is 30.2. The third-order valence-corrected chi connectivity index (χ3v) is 3.31. The molecule has 0 spiro atoms. The highest BCUT2D eigenvalue weighted by Gasteiger charge is 2.22. The summed E-state index contributed by atoms with van der Waals surface area (Å²) in [5, 5.41) is 9.75. The van der Waals surface area contributed by atoms with Crippen LogP contribution in [0.25, 0.3) is 0 Å². The Balaban J connectivity index is 2.10.